The number of para-hydroxylation sites is 1. The second-order valence-electron chi connectivity index (χ2n) is 8.12. The number of aromatic nitrogens is 1. The molecule has 0 fully saturated rings. The van der Waals surface area contributed by atoms with Gasteiger partial charge in [0.1, 0.15) is 5.82 Å². The highest BCUT2D eigenvalue weighted by molar-refractivity contribution is 6.10. The zero-order valence-corrected chi connectivity index (χ0v) is 16.3. The molecular weight excluding hydrogens is 352 g/mol. The molecule has 2 nitrogen and oxygen atoms in total. The highest BCUT2D eigenvalue weighted by atomic mass is 14.8. The highest BCUT2D eigenvalue weighted by Crippen LogP contribution is 2.36. The summed E-state index contributed by atoms with van der Waals surface area (Å²) in [6.07, 6.45) is 5.04. The number of nitrogens with two attached hydrogens (primary N) is 1. The van der Waals surface area contributed by atoms with E-state index in [1.807, 2.05) is 18.2 Å². The van der Waals surface area contributed by atoms with Crippen LogP contribution in [0.25, 0.3) is 43.6 Å². The maximum atomic E-state index is 6.32. The topological polar surface area (TPSA) is 38.9 Å². The molecule has 4 aromatic carbocycles. The fraction of sp³-hybridized carbons (Fsp3) is 0.148. The quantitative estimate of drug-likeness (QED) is 0.333. The van der Waals surface area contributed by atoms with Crippen molar-refractivity contribution in [1.29, 1.82) is 0 Å². The van der Waals surface area contributed by atoms with Gasteiger partial charge in [-0.1, -0.05) is 54.6 Å². The first-order chi connectivity index (χ1) is 14.3. The lowest BCUT2D eigenvalue weighted by molar-refractivity contribution is 0.690. The van der Waals surface area contributed by atoms with Gasteiger partial charge in [-0.25, -0.2) is 4.98 Å². The summed E-state index contributed by atoms with van der Waals surface area (Å²) in [7, 11) is 0. The summed E-state index contributed by atoms with van der Waals surface area (Å²) in [6, 6.07) is 26.2. The van der Waals surface area contributed by atoms with Crippen molar-refractivity contribution in [2.45, 2.75) is 25.7 Å². The van der Waals surface area contributed by atoms with Crippen LogP contribution in [0.4, 0.5) is 5.82 Å². The van der Waals surface area contributed by atoms with Gasteiger partial charge in [0, 0.05) is 10.9 Å². The summed E-state index contributed by atoms with van der Waals surface area (Å²) < 4.78 is 0. The first kappa shape index (κ1) is 16.6. The molecule has 2 heteroatoms. The minimum atomic E-state index is 0.581. The molecule has 0 unspecified atom stereocenters. The van der Waals surface area contributed by atoms with Gasteiger partial charge in [0.25, 0.3) is 0 Å². The van der Waals surface area contributed by atoms with Crippen LogP contribution in [0, 0.1) is 0 Å². The van der Waals surface area contributed by atoms with Gasteiger partial charge >= 0.3 is 0 Å². The Kier molecular flexibility index (Phi) is 3.60. The van der Waals surface area contributed by atoms with Crippen molar-refractivity contribution in [1.82, 2.24) is 4.98 Å². The Morgan fingerprint density at radius 3 is 2.48 bits per heavy atom. The van der Waals surface area contributed by atoms with Crippen molar-refractivity contribution in [2.75, 3.05) is 5.73 Å². The molecular formula is C27H22N2. The Morgan fingerprint density at radius 1 is 0.690 bits per heavy atom. The normalized spacial score (nSPS) is 13.8. The largest absolute Gasteiger partial charge is 0.383 e. The Hall–Kier alpha value is -3.39. The van der Waals surface area contributed by atoms with Crippen LogP contribution in [-0.2, 0) is 12.8 Å². The minimum Gasteiger partial charge on any atom is -0.383 e. The van der Waals surface area contributed by atoms with Crippen LogP contribution in [0.3, 0.4) is 0 Å². The number of hydrogen-bond donors (Lipinski definition) is 1. The maximum Gasteiger partial charge on any atom is 0.131 e. The number of benzene rings is 4. The molecule has 1 aromatic heterocycles. The van der Waals surface area contributed by atoms with E-state index in [0.717, 1.165) is 22.0 Å². The number of aryl methyl sites for hydroxylation is 2. The zero-order valence-electron chi connectivity index (χ0n) is 16.3. The third-order valence-corrected chi connectivity index (χ3v) is 6.41. The molecule has 140 valence electrons. The number of anilines is 1. The molecule has 0 spiro atoms. The van der Waals surface area contributed by atoms with E-state index in [0.29, 0.717) is 5.82 Å². The van der Waals surface area contributed by atoms with Gasteiger partial charge in [0.2, 0.25) is 0 Å². The monoisotopic (exact) mass is 374 g/mol. The maximum absolute atomic E-state index is 6.32. The molecule has 0 bridgehead atoms. The Labute approximate surface area is 170 Å². The lowest BCUT2D eigenvalue weighted by Crippen LogP contribution is -2.03. The minimum absolute atomic E-state index is 0.581. The third kappa shape index (κ3) is 2.60. The van der Waals surface area contributed by atoms with Gasteiger partial charge in [-0.3, -0.25) is 0 Å². The van der Waals surface area contributed by atoms with Crippen molar-refractivity contribution in [3.63, 3.8) is 0 Å². The fourth-order valence-electron chi connectivity index (χ4n) is 4.93. The van der Waals surface area contributed by atoms with Gasteiger partial charge in [-0.05, 0) is 82.1 Å². The molecule has 29 heavy (non-hydrogen) atoms. The van der Waals surface area contributed by atoms with Crippen LogP contribution in [0.1, 0.15) is 24.0 Å². The van der Waals surface area contributed by atoms with Gasteiger partial charge < -0.3 is 5.73 Å². The lowest BCUT2D eigenvalue weighted by Gasteiger charge is -2.19. The number of nitrogens with zero attached hydrogens (tertiary/aromatic N) is 1. The van der Waals surface area contributed by atoms with E-state index >= 15 is 0 Å². The van der Waals surface area contributed by atoms with Crippen LogP contribution >= 0.6 is 0 Å². The van der Waals surface area contributed by atoms with E-state index in [1.165, 1.54) is 52.8 Å². The molecule has 0 atom stereocenters. The second kappa shape index (κ2) is 6.31. The van der Waals surface area contributed by atoms with Crippen molar-refractivity contribution in [3.05, 3.63) is 83.9 Å². The van der Waals surface area contributed by atoms with Gasteiger partial charge in [-0.2, -0.15) is 0 Å². The van der Waals surface area contributed by atoms with Gasteiger partial charge in [0.15, 0.2) is 0 Å². The average Bonchev–Trinajstić information content (AvgIpc) is 2.77. The first-order valence-corrected chi connectivity index (χ1v) is 10.4. The first-order valence-electron chi connectivity index (χ1n) is 10.4. The van der Waals surface area contributed by atoms with E-state index in [9.17, 15) is 0 Å². The Balaban J connectivity index is 1.55. The smallest absolute Gasteiger partial charge is 0.131 e. The highest BCUT2D eigenvalue weighted by Gasteiger charge is 2.14. The molecule has 0 aliphatic heterocycles. The van der Waals surface area contributed by atoms with Crippen LogP contribution in [0.5, 0.6) is 0 Å². The second-order valence-corrected chi connectivity index (χ2v) is 8.12. The third-order valence-electron chi connectivity index (χ3n) is 6.41. The predicted octanol–water partition coefficient (Wildman–Crippen LogP) is 6.67. The molecule has 0 saturated carbocycles. The standard InChI is InChI=1S/C27H22N2/c28-27-25(16-20-6-2-4-8-26(20)29-27)19-10-12-22-18(15-19)11-14-23-21-7-3-1-5-17(21)9-13-24(22)23/h2,4,6,8-16H,1,3,5,7H2,(H2,28,29). The molecule has 0 amide bonds. The number of pyridine rings is 1. The van der Waals surface area contributed by atoms with E-state index < -0.39 is 0 Å². The molecule has 0 saturated heterocycles. The van der Waals surface area contributed by atoms with Crippen LogP contribution < -0.4 is 5.73 Å². The zero-order chi connectivity index (χ0) is 19.4. The van der Waals surface area contributed by atoms with Crippen molar-refractivity contribution in [2.24, 2.45) is 0 Å². The van der Waals surface area contributed by atoms with E-state index in [4.69, 9.17) is 5.73 Å². The predicted molar refractivity (Wildman–Crippen MR) is 123 cm³/mol. The number of hydrogen-bond acceptors (Lipinski definition) is 2. The summed E-state index contributed by atoms with van der Waals surface area (Å²) in [6.45, 7) is 0. The summed E-state index contributed by atoms with van der Waals surface area (Å²) in [4.78, 5) is 4.61. The van der Waals surface area contributed by atoms with Crippen LogP contribution in [0.15, 0.2) is 72.8 Å². The molecule has 2 N–H and O–H groups in total. The van der Waals surface area contributed by atoms with Gasteiger partial charge in [0.05, 0.1) is 5.52 Å². The number of fused-ring (bicyclic) bond motifs is 6. The van der Waals surface area contributed by atoms with Crippen LogP contribution in [-0.4, -0.2) is 4.98 Å². The fourth-order valence-corrected chi connectivity index (χ4v) is 4.93. The molecule has 1 heterocycles. The summed E-state index contributed by atoms with van der Waals surface area (Å²) in [5.41, 5.74) is 12.5. The van der Waals surface area contributed by atoms with E-state index in [1.54, 1.807) is 5.56 Å². The summed E-state index contributed by atoms with van der Waals surface area (Å²) >= 11 is 0. The van der Waals surface area contributed by atoms with Crippen LogP contribution in [0.2, 0.25) is 0 Å². The lowest BCUT2D eigenvalue weighted by atomic mass is 9.86. The molecule has 6 rings (SSSR count). The summed E-state index contributed by atoms with van der Waals surface area (Å²) in [5, 5.41) is 6.46. The molecule has 1 aliphatic carbocycles. The van der Waals surface area contributed by atoms with Crippen molar-refractivity contribution < 1.29 is 0 Å². The van der Waals surface area contributed by atoms with E-state index in [2.05, 4.69) is 59.6 Å². The van der Waals surface area contributed by atoms with Crippen molar-refractivity contribution in [3.8, 4) is 11.1 Å². The molecule has 0 radical (unpaired) electrons. The Bertz CT molecular complexity index is 1420. The van der Waals surface area contributed by atoms with Crippen molar-refractivity contribution >= 4 is 38.3 Å². The molecule has 5 aromatic rings. The SMILES string of the molecule is Nc1nc2ccccc2cc1-c1ccc2c(ccc3c4c(ccc32)CCCC4)c1. The Morgan fingerprint density at radius 2 is 1.52 bits per heavy atom. The number of rotatable bonds is 1. The average molecular weight is 374 g/mol. The molecule has 1 aliphatic rings. The van der Waals surface area contributed by atoms with Gasteiger partial charge in [-0.15, -0.1) is 0 Å². The number of nitrogen functional groups attached to an aromatic ring is 1. The van der Waals surface area contributed by atoms with E-state index in [-0.39, 0.29) is 0 Å². The summed E-state index contributed by atoms with van der Waals surface area (Å²) in [5.74, 6) is 0.581.